The molecule has 1 N–H and O–H groups in total. The number of hydrogen-bond acceptors (Lipinski definition) is 6. The SMILES string of the molecule is COc1ccc(N2C(=O)C[C@H](N3CCc4c([nH]c5ccc(OC)cc45)C3)C2=O)c(OC)c1. The van der Waals surface area contributed by atoms with Gasteiger partial charge in [-0.15, -0.1) is 0 Å². The van der Waals surface area contributed by atoms with E-state index in [1.807, 2.05) is 18.2 Å². The normalized spacial score (nSPS) is 18.8. The van der Waals surface area contributed by atoms with Gasteiger partial charge in [-0.25, -0.2) is 4.90 Å². The first-order chi connectivity index (χ1) is 15.5. The quantitative estimate of drug-likeness (QED) is 0.621. The van der Waals surface area contributed by atoms with Crippen molar-refractivity contribution in [1.29, 1.82) is 0 Å². The van der Waals surface area contributed by atoms with Crippen molar-refractivity contribution in [2.45, 2.75) is 25.4 Å². The predicted molar refractivity (Wildman–Crippen MR) is 119 cm³/mol. The van der Waals surface area contributed by atoms with Crippen molar-refractivity contribution in [2.75, 3.05) is 32.8 Å². The van der Waals surface area contributed by atoms with Crippen LogP contribution in [-0.4, -0.2) is 55.6 Å². The minimum absolute atomic E-state index is 0.150. The maximum Gasteiger partial charge on any atom is 0.251 e. The molecule has 1 saturated heterocycles. The minimum atomic E-state index is -0.497. The zero-order valence-electron chi connectivity index (χ0n) is 18.3. The fraction of sp³-hybridized carbons (Fsp3) is 0.333. The average Bonchev–Trinajstić information content (AvgIpc) is 3.33. The van der Waals surface area contributed by atoms with Gasteiger partial charge < -0.3 is 19.2 Å². The number of aromatic amines is 1. The minimum Gasteiger partial charge on any atom is -0.497 e. The van der Waals surface area contributed by atoms with Gasteiger partial charge in [0.1, 0.15) is 17.2 Å². The summed E-state index contributed by atoms with van der Waals surface area (Å²) < 4.78 is 16.0. The summed E-state index contributed by atoms with van der Waals surface area (Å²) in [5, 5.41) is 1.15. The van der Waals surface area contributed by atoms with Crippen molar-refractivity contribution in [2.24, 2.45) is 0 Å². The van der Waals surface area contributed by atoms with Gasteiger partial charge >= 0.3 is 0 Å². The Kier molecular flexibility index (Phi) is 5.01. The molecule has 0 bridgehead atoms. The highest BCUT2D eigenvalue weighted by Crippen LogP contribution is 2.37. The number of aromatic nitrogens is 1. The van der Waals surface area contributed by atoms with E-state index in [9.17, 15) is 9.59 Å². The van der Waals surface area contributed by atoms with Gasteiger partial charge in [-0.05, 0) is 42.3 Å². The fourth-order valence-electron chi connectivity index (χ4n) is 4.76. The first kappa shape index (κ1) is 20.4. The molecule has 0 spiro atoms. The van der Waals surface area contributed by atoms with E-state index in [1.165, 1.54) is 17.6 Å². The van der Waals surface area contributed by atoms with Crippen LogP contribution in [0.1, 0.15) is 17.7 Å². The van der Waals surface area contributed by atoms with E-state index < -0.39 is 6.04 Å². The van der Waals surface area contributed by atoms with E-state index in [0.29, 0.717) is 30.3 Å². The fourth-order valence-corrected chi connectivity index (χ4v) is 4.76. The molecule has 1 aromatic heterocycles. The molecule has 2 amide bonds. The molecule has 1 fully saturated rings. The van der Waals surface area contributed by atoms with E-state index >= 15 is 0 Å². The Morgan fingerprint density at radius 3 is 2.47 bits per heavy atom. The van der Waals surface area contributed by atoms with E-state index in [2.05, 4.69) is 9.88 Å². The van der Waals surface area contributed by atoms with Crippen LogP contribution < -0.4 is 19.1 Å². The van der Waals surface area contributed by atoms with Crippen molar-refractivity contribution in [3.05, 3.63) is 47.7 Å². The second kappa shape index (κ2) is 7.87. The summed E-state index contributed by atoms with van der Waals surface area (Å²) in [6.07, 6.45) is 0.948. The Hall–Kier alpha value is -3.52. The Morgan fingerprint density at radius 1 is 0.969 bits per heavy atom. The van der Waals surface area contributed by atoms with Crippen molar-refractivity contribution < 1.29 is 23.8 Å². The lowest BCUT2D eigenvalue weighted by Crippen LogP contribution is -2.44. The van der Waals surface area contributed by atoms with Gasteiger partial charge in [0, 0.05) is 35.8 Å². The third kappa shape index (κ3) is 3.18. The van der Waals surface area contributed by atoms with Crippen molar-refractivity contribution >= 4 is 28.4 Å². The average molecular weight is 435 g/mol. The van der Waals surface area contributed by atoms with Crippen LogP contribution in [0.3, 0.4) is 0 Å². The van der Waals surface area contributed by atoms with Crippen molar-refractivity contribution in [3.8, 4) is 17.2 Å². The maximum atomic E-state index is 13.4. The summed E-state index contributed by atoms with van der Waals surface area (Å²) >= 11 is 0. The molecule has 0 unspecified atom stereocenters. The zero-order valence-corrected chi connectivity index (χ0v) is 18.3. The van der Waals surface area contributed by atoms with Crippen LogP contribution in [0.5, 0.6) is 17.2 Å². The number of imide groups is 1. The Bertz CT molecular complexity index is 1220. The molecule has 8 nitrogen and oxygen atoms in total. The molecule has 0 aliphatic carbocycles. The van der Waals surface area contributed by atoms with E-state index in [4.69, 9.17) is 14.2 Å². The second-order valence-electron chi connectivity index (χ2n) is 8.04. The number of ether oxygens (including phenoxy) is 3. The number of amides is 2. The van der Waals surface area contributed by atoms with Gasteiger partial charge in [0.15, 0.2) is 0 Å². The number of hydrogen-bond donors (Lipinski definition) is 1. The molecule has 3 aromatic rings. The summed E-state index contributed by atoms with van der Waals surface area (Å²) in [5.41, 5.74) is 3.83. The van der Waals surface area contributed by atoms with Crippen LogP contribution in [0, 0.1) is 0 Å². The molecule has 0 radical (unpaired) electrons. The van der Waals surface area contributed by atoms with Crippen LogP contribution in [0.25, 0.3) is 10.9 Å². The van der Waals surface area contributed by atoms with E-state index in [1.54, 1.807) is 32.4 Å². The number of H-pyrrole nitrogens is 1. The lowest BCUT2D eigenvalue weighted by molar-refractivity contribution is -0.123. The number of fused-ring (bicyclic) bond motifs is 3. The molecule has 5 rings (SSSR count). The predicted octanol–water partition coefficient (Wildman–Crippen LogP) is 2.88. The summed E-state index contributed by atoms with van der Waals surface area (Å²) in [6.45, 7) is 1.29. The first-order valence-corrected chi connectivity index (χ1v) is 10.5. The van der Waals surface area contributed by atoms with Gasteiger partial charge in [0.25, 0.3) is 5.91 Å². The van der Waals surface area contributed by atoms with Crippen LogP contribution in [0.2, 0.25) is 0 Å². The van der Waals surface area contributed by atoms with E-state index in [-0.39, 0.29) is 18.2 Å². The van der Waals surface area contributed by atoms with Crippen molar-refractivity contribution in [3.63, 3.8) is 0 Å². The topological polar surface area (TPSA) is 84.1 Å². The van der Waals surface area contributed by atoms with Gasteiger partial charge in [-0.3, -0.25) is 14.5 Å². The number of carbonyl (C=O) groups excluding carboxylic acids is 2. The molecule has 2 aromatic carbocycles. The molecule has 166 valence electrons. The van der Waals surface area contributed by atoms with Gasteiger partial charge in [0.2, 0.25) is 5.91 Å². The Morgan fingerprint density at radius 2 is 1.72 bits per heavy atom. The Labute approximate surface area is 185 Å². The first-order valence-electron chi connectivity index (χ1n) is 10.5. The highest BCUT2D eigenvalue weighted by Gasteiger charge is 2.44. The van der Waals surface area contributed by atoms with Crippen LogP contribution >= 0.6 is 0 Å². The molecule has 2 aliphatic heterocycles. The highest BCUT2D eigenvalue weighted by molar-refractivity contribution is 6.23. The number of methoxy groups -OCH3 is 3. The van der Waals surface area contributed by atoms with Crippen molar-refractivity contribution in [1.82, 2.24) is 9.88 Å². The third-order valence-electron chi connectivity index (χ3n) is 6.40. The third-order valence-corrected chi connectivity index (χ3v) is 6.40. The van der Waals surface area contributed by atoms with Crippen LogP contribution in [-0.2, 0) is 22.6 Å². The molecule has 1 atom stereocenters. The lowest BCUT2D eigenvalue weighted by atomic mass is 10.0. The van der Waals surface area contributed by atoms with Gasteiger partial charge in [0.05, 0.1) is 39.5 Å². The largest absolute Gasteiger partial charge is 0.497 e. The number of anilines is 1. The molecule has 8 heteroatoms. The molecular formula is C24H25N3O5. The number of nitrogens with one attached hydrogen (secondary N) is 1. The standard InChI is InChI=1S/C24H25N3O5/c1-30-14-4-6-18-17(10-14)16-8-9-26(13-19(16)25-18)21-12-23(28)27(24(21)29)20-7-5-15(31-2)11-22(20)32-3/h4-7,10-11,21,25H,8-9,12-13H2,1-3H3/t21-/m0/s1. The summed E-state index contributed by atoms with van der Waals surface area (Å²) in [7, 11) is 4.73. The highest BCUT2D eigenvalue weighted by atomic mass is 16.5. The number of benzene rings is 2. The molecule has 32 heavy (non-hydrogen) atoms. The summed E-state index contributed by atoms with van der Waals surface area (Å²) in [6, 6.07) is 10.6. The molecule has 3 heterocycles. The smallest absolute Gasteiger partial charge is 0.251 e. The monoisotopic (exact) mass is 435 g/mol. The van der Waals surface area contributed by atoms with Crippen LogP contribution in [0.15, 0.2) is 36.4 Å². The number of rotatable bonds is 5. The lowest BCUT2D eigenvalue weighted by Gasteiger charge is -2.31. The van der Waals surface area contributed by atoms with Gasteiger partial charge in [-0.1, -0.05) is 0 Å². The second-order valence-corrected chi connectivity index (χ2v) is 8.04. The molecule has 0 saturated carbocycles. The zero-order chi connectivity index (χ0) is 22.4. The van der Waals surface area contributed by atoms with E-state index in [0.717, 1.165) is 28.8 Å². The Balaban J connectivity index is 1.41. The summed E-state index contributed by atoms with van der Waals surface area (Å²) in [5.74, 6) is 1.40. The van der Waals surface area contributed by atoms with Crippen LogP contribution in [0.4, 0.5) is 5.69 Å². The summed E-state index contributed by atoms with van der Waals surface area (Å²) in [4.78, 5) is 33.1. The maximum absolute atomic E-state index is 13.4. The molecular weight excluding hydrogens is 410 g/mol. The van der Waals surface area contributed by atoms with Gasteiger partial charge in [-0.2, -0.15) is 0 Å². The molecule has 2 aliphatic rings. The number of carbonyl (C=O) groups is 2. The number of nitrogens with zero attached hydrogens (tertiary/aromatic N) is 2.